The van der Waals surface area contributed by atoms with E-state index in [1.807, 2.05) is 6.92 Å². The predicted octanol–water partition coefficient (Wildman–Crippen LogP) is 3.56. The van der Waals surface area contributed by atoms with Crippen molar-refractivity contribution in [1.82, 2.24) is 9.36 Å². The van der Waals surface area contributed by atoms with Crippen LogP contribution >= 0.6 is 34.9 Å². The Balaban J connectivity index is 2.09. The lowest BCUT2D eigenvalue weighted by molar-refractivity contribution is 0.102. The highest BCUT2D eigenvalue weighted by molar-refractivity contribution is 7.99. The van der Waals surface area contributed by atoms with Gasteiger partial charge in [-0.15, -0.1) is 0 Å². The topological polar surface area (TPSA) is 54.9 Å². The fourth-order valence-electron chi connectivity index (χ4n) is 1.26. The SMILES string of the molecule is CCSc1nsc(NC(=O)c2ccccc2Cl)n1. The number of nitrogens with zero attached hydrogens (tertiary/aromatic N) is 2. The molecule has 0 aliphatic rings. The standard InChI is InChI=1S/C11H10ClN3OS2/c1-2-17-11-14-10(18-15-11)13-9(16)7-5-3-4-6-8(7)12/h3-6H,2H2,1H3,(H,13,14,15,16). The number of rotatable bonds is 4. The summed E-state index contributed by atoms with van der Waals surface area (Å²) in [6.07, 6.45) is 0. The molecule has 1 amide bonds. The lowest BCUT2D eigenvalue weighted by Gasteiger charge is -2.02. The molecule has 0 saturated carbocycles. The first kappa shape index (κ1) is 13.3. The summed E-state index contributed by atoms with van der Waals surface area (Å²) in [5.41, 5.74) is 0.430. The van der Waals surface area contributed by atoms with E-state index < -0.39 is 0 Å². The highest BCUT2D eigenvalue weighted by Gasteiger charge is 2.12. The van der Waals surface area contributed by atoms with Crippen molar-refractivity contribution in [2.75, 3.05) is 11.1 Å². The van der Waals surface area contributed by atoms with Gasteiger partial charge in [-0.1, -0.05) is 42.4 Å². The van der Waals surface area contributed by atoms with Crippen LogP contribution in [0, 0.1) is 0 Å². The first-order valence-corrected chi connectivity index (χ1v) is 7.36. The van der Waals surface area contributed by atoms with Crippen LogP contribution in [0.15, 0.2) is 29.4 Å². The van der Waals surface area contributed by atoms with E-state index in [4.69, 9.17) is 11.6 Å². The van der Waals surface area contributed by atoms with Crippen molar-refractivity contribution < 1.29 is 4.79 Å². The minimum atomic E-state index is -0.273. The Hall–Kier alpha value is -1.11. The molecule has 18 heavy (non-hydrogen) atoms. The second kappa shape index (κ2) is 6.17. The summed E-state index contributed by atoms with van der Waals surface area (Å²) in [6.45, 7) is 2.02. The number of carbonyl (C=O) groups excluding carboxylic acids is 1. The summed E-state index contributed by atoms with van der Waals surface area (Å²) in [5.74, 6) is 0.624. The van der Waals surface area contributed by atoms with E-state index in [0.29, 0.717) is 20.9 Å². The molecule has 0 fully saturated rings. The molecule has 1 aromatic carbocycles. The fraction of sp³-hybridized carbons (Fsp3) is 0.182. The van der Waals surface area contributed by atoms with Gasteiger partial charge in [0, 0.05) is 11.5 Å². The molecule has 0 aliphatic heterocycles. The lowest BCUT2D eigenvalue weighted by Crippen LogP contribution is -2.12. The van der Waals surface area contributed by atoms with Gasteiger partial charge < -0.3 is 0 Å². The lowest BCUT2D eigenvalue weighted by atomic mass is 10.2. The maximum Gasteiger partial charge on any atom is 0.258 e. The van der Waals surface area contributed by atoms with Crippen LogP contribution in [-0.4, -0.2) is 21.0 Å². The van der Waals surface area contributed by atoms with Gasteiger partial charge in [0.05, 0.1) is 10.6 Å². The Morgan fingerprint density at radius 2 is 2.28 bits per heavy atom. The first-order chi connectivity index (χ1) is 8.70. The van der Waals surface area contributed by atoms with E-state index in [-0.39, 0.29) is 5.91 Å². The van der Waals surface area contributed by atoms with Crippen LogP contribution in [0.4, 0.5) is 5.13 Å². The molecule has 2 rings (SSSR count). The minimum absolute atomic E-state index is 0.273. The third-order valence-electron chi connectivity index (χ3n) is 2.02. The number of hydrogen-bond acceptors (Lipinski definition) is 5. The molecule has 0 saturated heterocycles. The van der Waals surface area contributed by atoms with Gasteiger partial charge in [0.2, 0.25) is 10.3 Å². The van der Waals surface area contributed by atoms with Gasteiger partial charge in [-0.2, -0.15) is 9.36 Å². The number of halogens is 1. The van der Waals surface area contributed by atoms with E-state index in [9.17, 15) is 4.79 Å². The Morgan fingerprint density at radius 1 is 1.50 bits per heavy atom. The summed E-state index contributed by atoms with van der Waals surface area (Å²) in [6, 6.07) is 6.88. The van der Waals surface area contributed by atoms with Gasteiger partial charge in [0.15, 0.2) is 0 Å². The average molecular weight is 300 g/mol. The summed E-state index contributed by atoms with van der Waals surface area (Å²) in [7, 11) is 0. The molecule has 94 valence electrons. The van der Waals surface area contributed by atoms with Crippen LogP contribution in [0.5, 0.6) is 0 Å². The third kappa shape index (κ3) is 3.22. The number of carbonyl (C=O) groups is 1. The van der Waals surface area contributed by atoms with Crippen LogP contribution in [-0.2, 0) is 0 Å². The summed E-state index contributed by atoms with van der Waals surface area (Å²) >= 11 is 8.64. The molecule has 0 spiro atoms. The second-order valence-electron chi connectivity index (χ2n) is 3.25. The number of nitrogens with one attached hydrogen (secondary N) is 1. The molecule has 0 radical (unpaired) electrons. The predicted molar refractivity (Wildman–Crippen MR) is 75.7 cm³/mol. The van der Waals surface area contributed by atoms with Crippen molar-refractivity contribution in [3.8, 4) is 0 Å². The minimum Gasteiger partial charge on any atom is -0.297 e. The maximum atomic E-state index is 11.9. The molecule has 7 heteroatoms. The van der Waals surface area contributed by atoms with E-state index in [2.05, 4.69) is 14.7 Å². The van der Waals surface area contributed by atoms with Crippen molar-refractivity contribution in [3.05, 3.63) is 34.9 Å². The van der Waals surface area contributed by atoms with Crippen molar-refractivity contribution in [2.45, 2.75) is 12.1 Å². The molecule has 2 aromatic rings. The van der Waals surface area contributed by atoms with Crippen LogP contribution in [0.2, 0.25) is 5.02 Å². The number of aromatic nitrogens is 2. The van der Waals surface area contributed by atoms with E-state index in [0.717, 1.165) is 17.3 Å². The van der Waals surface area contributed by atoms with Gasteiger partial charge in [0.25, 0.3) is 5.91 Å². The molecule has 1 N–H and O–H groups in total. The molecular weight excluding hydrogens is 290 g/mol. The maximum absolute atomic E-state index is 11.9. The molecule has 0 atom stereocenters. The van der Waals surface area contributed by atoms with Crippen LogP contribution in [0.1, 0.15) is 17.3 Å². The Labute approximate surface area is 118 Å². The summed E-state index contributed by atoms with van der Waals surface area (Å²) in [4.78, 5) is 16.1. The van der Waals surface area contributed by atoms with Crippen molar-refractivity contribution in [2.24, 2.45) is 0 Å². The zero-order valence-corrected chi connectivity index (χ0v) is 11.9. The number of thioether (sulfide) groups is 1. The van der Waals surface area contributed by atoms with Gasteiger partial charge in [0.1, 0.15) is 0 Å². The molecule has 0 aliphatic carbocycles. The van der Waals surface area contributed by atoms with Gasteiger partial charge in [-0.3, -0.25) is 10.1 Å². The monoisotopic (exact) mass is 299 g/mol. The Kier molecular flexibility index (Phi) is 4.57. The van der Waals surface area contributed by atoms with Gasteiger partial charge in [-0.25, -0.2) is 0 Å². The number of hydrogen-bond donors (Lipinski definition) is 1. The van der Waals surface area contributed by atoms with E-state index in [1.165, 1.54) is 11.8 Å². The van der Waals surface area contributed by atoms with Crippen molar-refractivity contribution in [1.29, 1.82) is 0 Å². The van der Waals surface area contributed by atoms with Gasteiger partial charge >= 0.3 is 0 Å². The molecule has 0 bridgehead atoms. The third-order valence-corrected chi connectivity index (χ3v) is 3.82. The smallest absolute Gasteiger partial charge is 0.258 e. The highest BCUT2D eigenvalue weighted by atomic mass is 35.5. The van der Waals surface area contributed by atoms with Crippen LogP contribution in [0.25, 0.3) is 0 Å². The highest BCUT2D eigenvalue weighted by Crippen LogP contribution is 2.21. The zero-order chi connectivity index (χ0) is 13.0. The molecule has 0 unspecified atom stereocenters. The van der Waals surface area contributed by atoms with E-state index >= 15 is 0 Å². The summed E-state index contributed by atoms with van der Waals surface area (Å²) in [5, 5.41) is 4.27. The number of benzene rings is 1. The van der Waals surface area contributed by atoms with Crippen molar-refractivity contribution >= 4 is 45.9 Å². The molecular formula is C11H10ClN3OS2. The number of anilines is 1. The molecule has 1 heterocycles. The average Bonchev–Trinajstić information content (AvgIpc) is 2.77. The van der Waals surface area contributed by atoms with Gasteiger partial charge in [-0.05, 0) is 17.9 Å². The Bertz CT molecular complexity index is 559. The van der Waals surface area contributed by atoms with E-state index in [1.54, 1.807) is 24.3 Å². The zero-order valence-electron chi connectivity index (χ0n) is 9.51. The quantitative estimate of drug-likeness (QED) is 0.877. The summed E-state index contributed by atoms with van der Waals surface area (Å²) < 4.78 is 4.12. The van der Waals surface area contributed by atoms with Crippen LogP contribution in [0.3, 0.4) is 0 Å². The first-order valence-electron chi connectivity index (χ1n) is 5.23. The van der Waals surface area contributed by atoms with Crippen LogP contribution < -0.4 is 5.32 Å². The molecule has 1 aromatic heterocycles. The Morgan fingerprint density at radius 3 is 3.00 bits per heavy atom. The number of amides is 1. The fourth-order valence-corrected chi connectivity index (χ4v) is 2.75. The largest absolute Gasteiger partial charge is 0.297 e. The van der Waals surface area contributed by atoms with Crippen molar-refractivity contribution in [3.63, 3.8) is 0 Å². The second-order valence-corrected chi connectivity index (χ2v) is 5.64. The molecule has 4 nitrogen and oxygen atoms in total. The normalized spacial score (nSPS) is 10.3.